The summed E-state index contributed by atoms with van der Waals surface area (Å²) in [5.74, 6) is 1.37. The summed E-state index contributed by atoms with van der Waals surface area (Å²) >= 11 is 0. The molecule has 5 nitrogen and oxygen atoms in total. The Balaban J connectivity index is 2.40. The first-order valence-corrected chi connectivity index (χ1v) is 8.16. The van der Waals surface area contributed by atoms with Gasteiger partial charge in [0, 0.05) is 6.54 Å². The van der Waals surface area contributed by atoms with E-state index >= 15 is 0 Å². The minimum Gasteiger partial charge on any atom is -0.493 e. The van der Waals surface area contributed by atoms with Gasteiger partial charge in [-0.05, 0) is 56.9 Å². The van der Waals surface area contributed by atoms with Crippen molar-refractivity contribution < 1.29 is 19.0 Å². The van der Waals surface area contributed by atoms with Gasteiger partial charge in [0.2, 0.25) is 0 Å². The number of nitrogens with zero attached hydrogens (tertiary/aromatic N) is 1. The van der Waals surface area contributed by atoms with Crippen molar-refractivity contribution >= 4 is 6.09 Å². The average Bonchev–Trinajstić information content (AvgIpc) is 2.52. The van der Waals surface area contributed by atoms with E-state index in [-0.39, 0.29) is 12.1 Å². The highest BCUT2D eigenvalue weighted by molar-refractivity contribution is 5.70. The van der Waals surface area contributed by atoms with Gasteiger partial charge in [-0.3, -0.25) is 0 Å². The standard InChI is InChI=1S/C19H27NO4/c1-7-8-15-14-12-17(23-6)16(22-5)11-13(14)9-10-20(15)18(21)24-19(2,3)4/h7,11-12,15H,1,8-10H2,2-6H3/t15-/m0/s1. The third-order valence-corrected chi connectivity index (χ3v) is 4.02. The molecule has 1 amide bonds. The van der Waals surface area contributed by atoms with E-state index in [1.165, 1.54) is 5.56 Å². The van der Waals surface area contributed by atoms with Gasteiger partial charge < -0.3 is 19.1 Å². The van der Waals surface area contributed by atoms with Crippen LogP contribution < -0.4 is 9.47 Å². The number of hydrogen-bond acceptors (Lipinski definition) is 4. The van der Waals surface area contributed by atoms with Gasteiger partial charge in [-0.2, -0.15) is 0 Å². The highest BCUT2D eigenvalue weighted by atomic mass is 16.6. The first-order valence-electron chi connectivity index (χ1n) is 8.16. The minimum absolute atomic E-state index is 0.110. The molecule has 24 heavy (non-hydrogen) atoms. The molecule has 132 valence electrons. The first kappa shape index (κ1) is 18.2. The number of ether oxygens (including phenoxy) is 3. The SMILES string of the molecule is C=CC[C@H]1c2cc(OC)c(OC)cc2CCN1C(=O)OC(C)(C)C. The van der Waals surface area contributed by atoms with Crippen molar-refractivity contribution in [2.75, 3.05) is 20.8 Å². The molecule has 5 heteroatoms. The summed E-state index contributed by atoms with van der Waals surface area (Å²) < 4.78 is 16.4. The lowest BCUT2D eigenvalue weighted by molar-refractivity contribution is 0.0144. The fraction of sp³-hybridized carbons (Fsp3) is 0.526. The van der Waals surface area contributed by atoms with E-state index in [2.05, 4.69) is 6.58 Å². The molecule has 0 saturated heterocycles. The van der Waals surface area contributed by atoms with E-state index in [1.54, 1.807) is 19.1 Å². The Morgan fingerprint density at radius 3 is 2.46 bits per heavy atom. The fourth-order valence-corrected chi connectivity index (χ4v) is 2.98. The molecule has 1 aromatic rings. The molecule has 1 atom stereocenters. The van der Waals surface area contributed by atoms with Gasteiger partial charge in [0.05, 0.1) is 20.3 Å². The Morgan fingerprint density at radius 1 is 1.29 bits per heavy atom. The van der Waals surface area contributed by atoms with E-state index in [9.17, 15) is 4.79 Å². The molecular weight excluding hydrogens is 306 g/mol. The Hall–Kier alpha value is -2.17. The molecule has 2 rings (SSSR count). The minimum atomic E-state index is -0.520. The number of methoxy groups -OCH3 is 2. The molecule has 0 unspecified atom stereocenters. The number of carbonyl (C=O) groups excluding carboxylic acids is 1. The van der Waals surface area contributed by atoms with E-state index < -0.39 is 5.60 Å². The predicted molar refractivity (Wildman–Crippen MR) is 93.7 cm³/mol. The topological polar surface area (TPSA) is 48.0 Å². The lowest BCUT2D eigenvalue weighted by Crippen LogP contribution is -2.43. The Morgan fingerprint density at radius 2 is 1.92 bits per heavy atom. The predicted octanol–water partition coefficient (Wildman–Crippen LogP) is 4.11. The second kappa shape index (κ2) is 7.16. The highest BCUT2D eigenvalue weighted by Gasteiger charge is 2.33. The van der Waals surface area contributed by atoms with E-state index in [0.29, 0.717) is 24.5 Å². The van der Waals surface area contributed by atoms with Crippen LogP contribution in [0.4, 0.5) is 4.79 Å². The molecule has 1 aliphatic heterocycles. The van der Waals surface area contributed by atoms with Crippen molar-refractivity contribution in [3.8, 4) is 11.5 Å². The number of rotatable bonds is 4. The van der Waals surface area contributed by atoms with Gasteiger partial charge in [0.1, 0.15) is 5.60 Å². The maximum atomic E-state index is 12.6. The van der Waals surface area contributed by atoms with Gasteiger partial charge in [0.15, 0.2) is 11.5 Å². The number of carbonyl (C=O) groups is 1. The zero-order valence-electron chi connectivity index (χ0n) is 15.2. The van der Waals surface area contributed by atoms with Crippen LogP contribution >= 0.6 is 0 Å². The molecule has 0 aliphatic carbocycles. The van der Waals surface area contributed by atoms with Crippen molar-refractivity contribution in [3.63, 3.8) is 0 Å². The second-order valence-electron chi connectivity index (χ2n) is 6.87. The third kappa shape index (κ3) is 3.83. The molecule has 0 saturated carbocycles. The zero-order chi connectivity index (χ0) is 17.9. The van der Waals surface area contributed by atoms with Crippen LogP contribution in [0.1, 0.15) is 44.4 Å². The third-order valence-electron chi connectivity index (χ3n) is 4.02. The van der Waals surface area contributed by atoms with Gasteiger partial charge in [-0.25, -0.2) is 4.79 Å². The van der Waals surface area contributed by atoms with Crippen LogP contribution in [-0.2, 0) is 11.2 Å². The van der Waals surface area contributed by atoms with E-state index in [1.807, 2.05) is 39.0 Å². The maximum absolute atomic E-state index is 12.6. The van der Waals surface area contributed by atoms with Crippen LogP contribution in [0, 0.1) is 0 Å². The highest BCUT2D eigenvalue weighted by Crippen LogP contribution is 2.40. The summed E-state index contributed by atoms with van der Waals surface area (Å²) in [5.41, 5.74) is 1.71. The van der Waals surface area contributed by atoms with E-state index in [4.69, 9.17) is 14.2 Å². The molecule has 0 spiro atoms. The largest absolute Gasteiger partial charge is 0.493 e. The van der Waals surface area contributed by atoms with Crippen molar-refractivity contribution in [1.82, 2.24) is 4.90 Å². The molecular formula is C19H27NO4. The quantitative estimate of drug-likeness (QED) is 0.778. The molecule has 1 aromatic carbocycles. The summed E-state index contributed by atoms with van der Waals surface area (Å²) in [5, 5.41) is 0. The summed E-state index contributed by atoms with van der Waals surface area (Å²) in [4.78, 5) is 14.4. The molecule has 0 radical (unpaired) electrons. The number of hydrogen-bond donors (Lipinski definition) is 0. The van der Waals surface area contributed by atoms with Crippen LogP contribution in [0.15, 0.2) is 24.8 Å². The van der Waals surface area contributed by atoms with Gasteiger partial charge in [0.25, 0.3) is 0 Å². The van der Waals surface area contributed by atoms with Crippen molar-refractivity contribution in [3.05, 3.63) is 35.9 Å². The molecule has 0 N–H and O–H groups in total. The van der Waals surface area contributed by atoms with Crippen molar-refractivity contribution in [2.45, 2.75) is 45.3 Å². The second-order valence-corrected chi connectivity index (χ2v) is 6.87. The Bertz CT molecular complexity index is 619. The summed E-state index contributed by atoms with van der Waals surface area (Å²) in [6, 6.07) is 3.84. The molecule has 0 aromatic heterocycles. The lowest BCUT2D eigenvalue weighted by atomic mass is 9.90. The van der Waals surface area contributed by atoms with E-state index in [0.717, 1.165) is 12.0 Å². The smallest absolute Gasteiger partial charge is 0.410 e. The Labute approximate surface area is 144 Å². The summed E-state index contributed by atoms with van der Waals surface area (Å²) in [6.45, 7) is 10.1. The summed E-state index contributed by atoms with van der Waals surface area (Å²) in [7, 11) is 3.24. The number of amides is 1. The van der Waals surface area contributed by atoms with Crippen LogP contribution in [0.3, 0.4) is 0 Å². The summed E-state index contributed by atoms with van der Waals surface area (Å²) in [6.07, 6.45) is 2.94. The monoisotopic (exact) mass is 333 g/mol. The average molecular weight is 333 g/mol. The van der Waals surface area contributed by atoms with Gasteiger partial charge >= 0.3 is 6.09 Å². The van der Waals surface area contributed by atoms with Crippen molar-refractivity contribution in [2.24, 2.45) is 0 Å². The fourth-order valence-electron chi connectivity index (χ4n) is 2.98. The van der Waals surface area contributed by atoms with Crippen LogP contribution in [0.25, 0.3) is 0 Å². The van der Waals surface area contributed by atoms with Gasteiger partial charge in [-0.1, -0.05) is 6.08 Å². The molecule has 0 fully saturated rings. The first-order chi connectivity index (χ1) is 11.3. The van der Waals surface area contributed by atoms with Gasteiger partial charge in [-0.15, -0.1) is 6.58 Å². The maximum Gasteiger partial charge on any atom is 0.410 e. The lowest BCUT2D eigenvalue weighted by Gasteiger charge is -2.38. The zero-order valence-corrected chi connectivity index (χ0v) is 15.2. The van der Waals surface area contributed by atoms with Crippen LogP contribution in [0.5, 0.6) is 11.5 Å². The van der Waals surface area contributed by atoms with Crippen molar-refractivity contribution in [1.29, 1.82) is 0 Å². The van der Waals surface area contributed by atoms with Crippen LogP contribution in [-0.4, -0.2) is 37.4 Å². The molecule has 0 bridgehead atoms. The number of benzene rings is 1. The molecule has 1 aliphatic rings. The number of fused-ring (bicyclic) bond motifs is 1. The normalized spacial score (nSPS) is 17.0. The Kier molecular flexibility index (Phi) is 5.42. The van der Waals surface area contributed by atoms with Crippen LogP contribution in [0.2, 0.25) is 0 Å². The molecule has 1 heterocycles.